The molecule has 1 aliphatic rings. The van der Waals surface area contributed by atoms with Gasteiger partial charge in [-0.05, 0) is 23.7 Å². The predicted molar refractivity (Wildman–Crippen MR) is 128 cm³/mol. The van der Waals surface area contributed by atoms with Crippen molar-refractivity contribution in [2.24, 2.45) is 0 Å². The van der Waals surface area contributed by atoms with Crippen LogP contribution in [-0.4, -0.2) is 75.5 Å². The normalized spacial score (nSPS) is 16.2. The Morgan fingerprint density at radius 1 is 1.09 bits per heavy atom. The first-order valence-corrected chi connectivity index (χ1v) is 14.3. The lowest BCUT2D eigenvalue weighted by Gasteiger charge is -2.37. The Kier molecular flexibility index (Phi) is 9.48. The first kappa shape index (κ1) is 26.9. The molecule has 0 bridgehead atoms. The van der Waals surface area contributed by atoms with E-state index in [9.17, 15) is 14.4 Å². The molecule has 2 amide bonds. The lowest BCUT2D eigenvalue weighted by atomic mass is 10.1. The Bertz CT molecular complexity index is 809. The van der Waals surface area contributed by atoms with Crippen LogP contribution < -0.4 is 0 Å². The summed E-state index contributed by atoms with van der Waals surface area (Å²) in [6.45, 7) is 12.1. The molecule has 1 aliphatic heterocycles. The average Bonchev–Trinajstić information content (AvgIpc) is 2.96. The molecule has 1 aromatic carbocycles. The minimum absolute atomic E-state index is 0.0484. The summed E-state index contributed by atoms with van der Waals surface area (Å²) < 4.78 is 16.6. The quantitative estimate of drug-likeness (QED) is 0.417. The number of methoxy groups -OCH3 is 1. The first-order valence-electron chi connectivity index (χ1n) is 11.4. The third kappa shape index (κ3) is 7.57. The van der Waals surface area contributed by atoms with Gasteiger partial charge in [0.1, 0.15) is 12.6 Å². The maximum atomic E-state index is 12.9. The monoisotopic (exact) mass is 478 g/mol. The molecule has 2 rings (SSSR count). The number of esters is 1. The standard InChI is InChI=1S/C24H38N2O6Si/c1-24(2,3)33(5,6)32-17-13-20(22(28)30-4)26-16-15-25(14-12-21(26)27)23(29)31-18-19-10-8-7-9-11-19/h7-11,20H,12-18H2,1-6H3. The molecule has 0 aliphatic carbocycles. The molecule has 1 atom stereocenters. The molecule has 0 saturated carbocycles. The zero-order valence-corrected chi connectivity index (χ0v) is 21.8. The van der Waals surface area contributed by atoms with Gasteiger partial charge in [-0.3, -0.25) is 4.79 Å². The average molecular weight is 479 g/mol. The molecular weight excluding hydrogens is 440 g/mol. The van der Waals surface area contributed by atoms with Crippen LogP contribution in [0.4, 0.5) is 4.79 Å². The molecule has 0 radical (unpaired) electrons. The lowest BCUT2D eigenvalue weighted by molar-refractivity contribution is -0.153. The summed E-state index contributed by atoms with van der Waals surface area (Å²) in [5.41, 5.74) is 0.894. The van der Waals surface area contributed by atoms with E-state index in [0.717, 1.165) is 5.56 Å². The van der Waals surface area contributed by atoms with Gasteiger partial charge >= 0.3 is 12.1 Å². The minimum Gasteiger partial charge on any atom is -0.467 e. The van der Waals surface area contributed by atoms with Crippen LogP contribution in [0.5, 0.6) is 0 Å². The highest BCUT2D eigenvalue weighted by Crippen LogP contribution is 2.36. The van der Waals surface area contributed by atoms with Crippen LogP contribution in [0.2, 0.25) is 18.1 Å². The van der Waals surface area contributed by atoms with Crippen LogP contribution in [0.1, 0.15) is 39.2 Å². The van der Waals surface area contributed by atoms with Gasteiger partial charge in [0.25, 0.3) is 0 Å². The Hall–Kier alpha value is -2.39. The summed E-state index contributed by atoms with van der Waals surface area (Å²) in [7, 11) is -0.662. The number of benzene rings is 1. The van der Waals surface area contributed by atoms with E-state index < -0.39 is 26.4 Å². The van der Waals surface area contributed by atoms with Crippen molar-refractivity contribution in [2.75, 3.05) is 33.4 Å². The Balaban J connectivity index is 1.98. The van der Waals surface area contributed by atoms with Crippen molar-refractivity contribution in [1.82, 2.24) is 9.80 Å². The van der Waals surface area contributed by atoms with Gasteiger partial charge in [0.05, 0.1) is 7.11 Å². The van der Waals surface area contributed by atoms with Gasteiger partial charge in [-0.15, -0.1) is 0 Å². The second-order valence-electron chi connectivity index (χ2n) is 9.80. The molecule has 8 nitrogen and oxygen atoms in total. The van der Waals surface area contributed by atoms with Gasteiger partial charge < -0.3 is 23.7 Å². The van der Waals surface area contributed by atoms with Crippen molar-refractivity contribution < 1.29 is 28.3 Å². The highest BCUT2D eigenvalue weighted by atomic mass is 28.4. The van der Waals surface area contributed by atoms with Crippen molar-refractivity contribution in [3.8, 4) is 0 Å². The summed E-state index contributed by atoms with van der Waals surface area (Å²) in [5.74, 6) is -0.654. The molecule has 0 aromatic heterocycles. The summed E-state index contributed by atoms with van der Waals surface area (Å²) in [4.78, 5) is 41.0. The molecule has 1 heterocycles. The Morgan fingerprint density at radius 2 is 1.76 bits per heavy atom. The largest absolute Gasteiger partial charge is 0.467 e. The van der Waals surface area contributed by atoms with Crippen molar-refractivity contribution >= 4 is 26.3 Å². The van der Waals surface area contributed by atoms with Gasteiger partial charge in [0, 0.05) is 39.1 Å². The Labute approximate surface area is 198 Å². The maximum Gasteiger partial charge on any atom is 0.410 e. The zero-order chi connectivity index (χ0) is 24.6. The fraction of sp³-hybridized carbons (Fsp3) is 0.625. The topological polar surface area (TPSA) is 85.4 Å². The summed E-state index contributed by atoms with van der Waals surface area (Å²) in [5, 5.41) is 0.0484. The van der Waals surface area contributed by atoms with E-state index in [1.807, 2.05) is 30.3 Å². The molecule has 9 heteroatoms. The van der Waals surface area contributed by atoms with E-state index in [1.165, 1.54) is 16.9 Å². The number of hydrogen-bond acceptors (Lipinski definition) is 6. The van der Waals surface area contributed by atoms with Gasteiger partial charge in [-0.2, -0.15) is 0 Å². The molecule has 0 spiro atoms. The third-order valence-electron chi connectivity index (χ3n) is 6.50. The number of nitrogens with zero attached hydrogens (tertiary/aromatic N) is 2. The van der Waals surface area contributed by atoms with Gasteiger partial charge in [0.15, 0.2) is 8.32 Å². The highest BCUT2D eigenvalue weighted by molar-refractivity contribution is 6.74. The smallest absolute Gasteiger partial charge is 0.410 e. The SMILES string of the molecule is COC(=O)C(CCO[Si](C)(C)C(C)(C)C)N1CCN(C(=O)OCc2ccccc2)CCC1=O. The van der Waals surface area contributed by atoms with Crippen LogP contribution >= 0.6 is 0 Å². The molecule has 0 N–H and O–H groups in total. The molecule has 1 saturated heterocycles. The number of carbonyl (C=O) groups excluding carboxylic acids is 3. The number of hydrogen-bond donors (Lipinski definition) is 0. The van der Waals surface area contributed by atoms with Crippen molar-refractivity contribution in [3.05, 3.63) is 35.9 Å². The van der Waals surface area contributed by atoms with E-state index in [4.69, 9.17) is 13.9 Å². The maximum absolute atomic E-state index is 12.9. The summed E-state index contributed by atoms with van der Waals surface area (Å²) in [6, 6.07) is 8.69. The first-order chi connectivity index (χ1) is 15.5. The molecule has 1 aromatic rings. The summed E-state index contributed by atoms with van der Waals surface area (Å²) >= 11 is 0. The third-order valence-corrected chi connectivity index (χ3v) is 11.0. The molecular formula is C24H38N2O6Si. The fourth-order valence-corrected chi connectivity index (χ4v) is 4.40. The number of ether oxygens (including phenoxy) is 2. The van der Waals surface area contributed by atoms with E-state index in [0.29, 0.717) is 13.0 Å². The van der Waals surface area contributed by atoms with Crippen molar-refractivity contribution in [3.63, 3.8) is 0 Å². The van der Waals surface area contributed by atoms with E-state index >= 15 is 0 Å². The number of amides is 2. The lowest BCUT2D eigenvalue weighted by Crippen LogP contribution is -2.48. The van der Waals surface area contributed by atoms with Gasteiger partial charge in [-0.25, -0.2) is 9.59 Å². The van der Waals surface area contributed by atoms with Gasteiger partial charge in [0.2, 0.25) is 5.91 Å². The molecule has 1 unspecified atom stereocenters. The highest BCUT2D eigenvalue weighted by Gasteiger charge is 2.38. The summed E-state index contributed by atoms with van der Waals surface area (Å²) in [6.07, 6.45) is 0.00445. The van der Waals surface area contributed by atoms with Crippen LogP contribution in [0, 0.1) is 0 Å². The fourth-order valence-electron chi connectivity index (χ4n) is 3.34. The second-order valence-corrected chi connectivity index (χ2v) is 14.6. The van der Waals surface area contributed by atoms with E-state index in [2.05, 4.69) is 33.9 Å². The molecule has 184 valence electrons. The van der Waals surface area contributed by atoms with Crippen molar-refractivity contribution in [2.45, 2.75) is 64.4 Å². The number of carbonyl (C=O) groups is 3. The predicted octanol–water partition coefficient (Wildman–Crippen LogP) is 3.81. The van der Waals surface area contributed by atoms with E-state index in [-0.39, 0.29) is 43.6 Å². The second kappa shape index (κ2) is 11.6. The zero-order valence-electron chi connectivity index (χ0n) is 20.8. The number of rotatable bonds is 8. The van der Waals surface area contributed by atoms with Crippen LogP contribution in [0.3, 0.4) is 0 Å². The van der Waals surface area contributed by atoms with Crippen LogP contribution in [-0.2, 0) is 30.1 Å². The van der Waals surface area contributed by atoms with Crippen molar-refractivity contribution in [1.29, 1.82) is 0 Å². The van der Waals surface area contributed by atoms with Crippen LogP contribution in [0.25, 0.3) is 0 Å². The van der Waals surface area contributed by atoms with Gasteiger partial charge in [-0.1, -0.05) is 51.1 Å². The molecule has 1 fully saturated rings. The van der Waals surface area contributed by atoms with E-state index in [1.54, 1.807) is 0 Å². The van der Waals surface area contributed by atoms with Crippen LogP contribution in [0.15, 0.2) is 30.3 Å². The molecule has 33 heavy (non-hydrogen) atoms. The minimum atomic E-state index is -1.98. The Morgan fingerprint density at radius 3 is 2.36 bits per heavy atom.